The number of pyridine rings is 1. The maximum absolute atomic E-state index is 12.2. The number of hydrogen-bond acceptors (Lipinski definition) is 4. The predicted octanol–water partition coefficient (Wildman–Crippen LogP) is 1.92. The van der Waals surface area contributed by atoms with Gasteiger partial charge in [-0.2, -0.15) is 0 Å². The Morgan fingerprint density at radius 2 is 2.10 bits per heavy atom. The number of halogens is 1. The Kier molecular flexibility index (Phi) is 7.14. The number of carbonyl (C=O) groups excluding carboxylic acids is 2. The van der Waals surface area contributed by atoms with Gasteiger partial charge in [0.25, 0.3) is 5.91 Å². The standard InChI is InChI=1S/C14H21BrN4O2/c1-4-16-13-11(7-10(15)8-18-13)14(21)17-6-5-12(20)19-9(2)3/h7-9H,4-6H2,1-3H3,(H,16,18)(H,17,21)(H,19,20). The third-order valence-electron chi connectivity index (χ3n) is 2.53. The van der Waals surface area contributed by atoms with Gasteiger partial charge in [-0.3, -0.25) is 9.59 Å². The number of nitrogens with one attached hydrogen (secondary N) is 3. The molecule has 1 aromatic rings. The molecule has 1 aromatic heterocycles. The third kappa shape index (κ3) is 6.12. The summed E-state index contributed by atoms with van der Waals surface area (Å²) < 4.78 is 0.729. The Balaban J connectivity index is 2.59. The van der Waals surface area contributed by atoms with Crippen molar-refractivity contribution in [3.8, 4) is 0 Å². The lowest BCUT2D eigenvalue weighted by Gasteiger charge is -2.11. The molecule has 21 heavy (non-hydrogen) atoms. The second-order valence-corrected chi connectivity index (χ2v) is 5.72. The number of carbonyl (C=O) groups is 2. The number of amides is 2. The van der Waals surface area contributed by atoms with E-state index in [2.05, 4.69) is 36.9 Å². The van der Waals surface area contributed by atoms with Gasteiger partial charge in [0.05, 0.1) is 5.56 Å². The van der Waals surface area contributed by atoms with Gasteiger partial charge in [0, 0.05) is 36.2 Å². The highest BCUT2D eigenvalue weighted by Crippen LogP contribution is 2.17. The first-order valence-corrected chi connectivity index (χ1v) is 7.70. The van der Waals surface area contributed by atoms with Gasteiger partial charge in [-0.1, -0.05) is 0 Å². The fourth-order valence-corrected chi connectivity index (χ4v) is 2.03. The quantitative estimate of drug-likeness (QED) is 0.696. The molecule has 0 radical (unpaired) electrons. The van der Waals surface area contributed by atoms with E-state index in [4.69, 9.17) is 0 Å². The van der Waals surface area contributed by atoms with Crippen molar-refractivity contribution >= 4 is 33.6 Å². The molecule has 1 heterocycles. The van der Waals surface area contributed by atoms with Gasteiger partial charge in [-0.15, -0.1) is 0 Å². The smallest absolute Gasteiger partial charge is 0.255 e. The van der Waals surface area contributed by atoms with Crippen molar-refractivity contribution < 1.29 is 9.59 Å². The van der Waals surface area contributed by atoms with Gasteiger partial charge in [0.2, 0.25) is 5.91 Å². The lowest BCUT2D eigenvalue weighted by atomic mass is 10.2. The molecule has 1 rings (SSSR count). The van der Waals surface area contributed by atoms with Crippen LogP contribution in [0.2, 0.25) is 0 Å². The summed E-state index contributed by atoms with van der Waals surface area (Å²) in [4.78, 5) is 27.8. The third-order valence-corrected chi connectivity index (χ3v) is 2.96. The van der Waals surface area contributed by atoms with Gasteiger partial charge in [0.1, 0.15) is 5.82 Å². The lowest BCUT2D eigenvalue weighted by Crippen LogP contribution is -2.34. The van der Waals surface area contributed by atoms with Crippen LogP contribution >= 0.6 is 15.9 Å². The van der Waals surface area contributed by atoms with E-state index in [1.807, 2.05) is 20.8 Å². The maximum Gasteiger partial charge on any atom is 0.255 e. The van der Waals surface area contributed by atoms with Crippen molar-refractivity contribution in [2.24, 2.45) is 0 Å². The summed E-state index contributed by atoms with van der Waals surface area (Å²) in [5.41, 5.74) is 0.454. The summed E-state index contributed by atoms with van der Waals surface area (Å²) in [7, 11) is 0. The number of nitrogens with zero attached hydrogens (tertiary/aromatic N) is 1. The Bertz CT molecular complexity index is 506. The average Bonchev–Trinajstić information content (AvgIpc) is 2.40. The molecule has 0 fully saturated rings. The second-order valence-electron chi connectivity index (χ2n) is 4.81. The fraction of sp³-hybridized carbons (Fsp3) is 0.500. The van der Waals surface area contributed by atoms with E-state index in [-0.39, 0.29) is 30.8 Å². The van der Waals surface area contributed by atoms with Crippen LogP contribution in [0.15, 0.2) is 16.7 Å². The van der Waals surface area contributed by atoms with Crippen molar-refractivity contribution in [2.75, 3.05) is 18.4 Å². The molecule has 0 atom stereocenters. The van der Waals surface area contributed by atoms with E-state index < -0.39 is 0 Å². The van der Waals surface area contributed by atoms with Crippen LogP contribution in [0.4, 0.5) is 5.82 Å². The summed E-state index contributed by atoms with van der Waals surface area (Å²) in [6.45, 7) is 6.68. The molecular weight excluding hydrogens is 336 g/mol. The van der Waals surface area contributed by atoms with E-state index >= 15 is 0 Å². The monoisotopic (exact) mass is 356 g/mol. The van der Waals surface area contributed by atoms with E-state index in [0.717, 1.165) is 4.47 Å². The zero-order valence-electron chi connectivity index (χ0n) is 12.5. The summed E-state index contributed by atoms with van der Waals surface area (Å²) in [5, 5.41) is 8.54. The van der Waals surface area contributed by atoms with Gasteiger partial charge in [-0.25, -0.2) is 4.98 Å². The summed E-state index contributed by atoms with van der Waals surface area (Å²) in [5.74, 6) is 0.200. The minimum atomic E-state index is -0.253. The Morgan fingerprint density at radius 3 is 2.71 bits per heavy atom. The van der Waals surface area contributed by atoms with Crippen LogP contribution in [0, 0.1) is 0 Å². The number of rotatable bonds is 7. The minimum absolute atomic E-state index is 0.0791. The largest absolute Gasteiger partial charge is 0.370 e. The Hall–Kier alpha value is -1.63. The predicted molar refractivity (Wildman–Crippen MR) is 86.3 cm³/mol. The van der Waals surface area contributed by atoms with Crippen LogP contribution in [0.3, 0.4) is 0 Å². The maximum atomic E-state index is 12.2. The first-order valence-electron chi connectivity index (χ1n) is 6.91. The van der Waals surface area contributed by atoms with Crippen molar-refractivity contribution in [2.45, 2.75) is 33.2 Å². The number of aromatic nitrogens is 1. The average molecular weight is 357 g/mol. The molecule has 116 valence electrons. The minimum Gasteiger partial charge on any atom is -0.370 e. The molecule has 2 amide bonds. The molecule has 0 unspecified atom stereocenters. The van der Waals surface area contributed by atoms with E-state index in [0.29, 0.717) is 17.9 Å². The van der Waals surface area contributed by atoms with Gasteiger partial charge < -0.3 is 16.0 Å². The SMILES string of the molecule is CCNc1ncc(Br)cc1C(=O)NCCC(=O)NC(C)C. The van der Waals surface area contributed by atoms with Crippen LogP contribution in [0.1, 0.15) is 37.6 Å². The van der Waals surface area contributed by atoms with Gasteiger partial charge in [0.15, 0.2) is 0 Å². The molecule has 0 aliphatic heterocycles. The van der Waals surface area contributed by atoms with Crippen molar-refractivity contribution in [3.05, 3.63) is 22.3 Å². The number of hydrogen-bond donors (Lipinski definition) is 3. The zero-order valence-corrected chi connectivity index (χ0v) is 14.1. The van der Waals surface area contributed by atoms with Gasteiger partial charge in [-0.05, 0) is 42.8 Å². The van der Waals surface area contributed by atoms with Crippen molar-refractivity contribution in [1.82, 2.24) is 15.6 Å². The molecule has 6 nitrogen and oxygen atoms in total. The van der Waals surface area contributed by atoms with Gasteiger partial charge >= 0.3 is 0 Å². The lowest BCUT2D eigenvalue weighted by molar-refractivity contribution is -0.121. The number of anilines is 1. The molecule has 0 bridgehead atoms. The Labute approximate surface area is 133 Å². The zero-order chi connectivity index (χ0) is 15.8. The van der Waals surface area contributed by atoms with Crippen LogP contribution in [0.25, 0.3) is 0 Å². The first-order chi connectivity index (χ1) is 9.93. The van der Waals surface area contributed by atoms with Crippen molar-refractivity contribution in [1.29, 1.82) is 0 Å². The normalized spacial score (nSPS) is 10.3. The molecule has 0 spiro atoms. The molecule has 3 N–H and O–H groups in total. The molecule has 0 saturated carbocycles. The topological polar surface area (TPSA) is 83.1 Å². The van der Waals surface area contributed by atoms with Crippen molar-refractivity contribution in [3.63, 3.8) is 0 Å². The van der Waals surface area contributed by atoms with Crippen LogP contribution in [0.5, 0.6) is 0 Å². The van der Waals surface area contributed by atoms with E-state index in [1.165, 1.54) is 0 Å². The molecular formula is C14H21BrN4O2. The summed E-state index contributed by atoms with van der Waals surface area (Å²) >= 11 is 3.30. The fourth-order valence-electron chi connectivity index (χ4n) is 1.70. The van der Waals surface area contributed by atoms with Crippen LogP contribution < -0.4 is 16.0 Å². The highest BCUT2D eigenvalue weighted by molar-refractivity contribution is 9.10. The second kappa shape index (κ2) is 8.61. The molecule has 0 aliphatic rings. The van der Waals surface area contributed by atoms with E-state index in [9.17, 15) is 9.59 Å². The first kappa shape index (κ1) is 17.4. The highest BCUT2D eigenvalue weighted by atomic mass is 79.9. The summed E-state index contributed by atoms with van der Waals surface area (Å²) in [6.07, 6.45) is 1.88. The molecule has 0 aliphatic carbocycles. The highest BCUT2D eigenvalue weighted by Gasteiger charge is 2.13. The summed E-state index contributed by atoms with van der Waals surface area (Å²) in [6, 6.07) is 1.80. The molecule has 7 heteroatoms. The molecule has 0 saturated heterocycles. The van der Waals surface area contributed by atoms with Crippen LogP contribution in [-0.4, -0.2) is 35.9 Å². The van der Waals surface area contributed by atoms with E-state index in [1.54, 1.807) is 12.3 Å². The molecule has 0 aromatic carbocycles. The van der Waals surface area contributed by atoms with Crippen LogP contribution in [-0.2, 0) is 4.79 Å². The Morgan fingerprint density at radius 1 is 1.38 bits per heavy atom.